The van der Waals surface area contributed by atoms with Gasteiger partial charge in [0.25, 0.3) is 0 Å². The lowest BCUT2D eigenvalue weighted by atomic mass is 9.93. The first-order valence-electron chi connectivity index (χ1n) is 8.80. The van der Waals surface area contributed by atoms with Crippen LogP contribution in [-0.4, -0.2) is 46.6 Å². The minimum absolute atomic E-state index is 0.0759. The highest BCUT2D eigenvalue weighted by Crippen LogP contribution is 2.30. The summed E-state index contributed by atoms with van der Waals surface area (Å²) in [5.41, 5.74) is 0. The molecule has 9 heteroatoms. The number of halogens is 1. The zero-order valence-electron chi connectivity index (χ0n) is 15.3. The molecule has 0 aromatic carbocycles. The fourth-order valence-corrected chi connectivity index (χ4v) is 3.09. The van der Waals surface area contributed by atoms with Gasteiger partial charge in [-0.25, -0.2) is 9.97 Å². The molecule has 2 atom stereocenters. The van der Waals surface area contributed by atoms with Gasteiger partial charge < -0.3 is 14.0 Å². The molecule has 1 aliphatic rings. The summed E-state index contributed by atoms with van der Waals surface area (Å²) in [7, 11) is 1.71. The maximum absolute atomic E-state index is 5.69. The quantitative estimate of drug-likeness (QED) is 0.675. The number of ether oxygens (including phenoxy) is 2. The number of methoxy groups -OCH3 is 1. The van der Waals surface area contributed by atoms with E-state index in [1.54, 1.807) is 19.5 Å². The van der Waals surface area contributed by atoms with Crippen LogP contribution in [0.4, 0.5) is 6.01 Å². The van der Waals surface area contributed by atoms with Gasteiger partial charge in [0.1, 0.15) is 6.23 Å². The minimum atomic E-state index is -0.0759. The SMILES string of the molecule is COC1CC(CCOc2cnc(Cl)nc2)CCN1c1nc(C(C)C)no1. The molecule has 1 fully saturated rings. The number of hydrogen-bond donors (Lipinski definition) is 0. The molecule has 2 unspecified atom stereocenters. The average Bonchev–Trinajstić information content (AvgIpc) is 3.13. The Balaban J connectivity index is 1.51. The van der Waals surface area contributed by atoms with Gasteiger partial charge in [-0.1, -0.05) is 19.0 Å². The molecule has 1 aliphatic heterocycles. The second-order valence-corrected chi connectivity index (χ2v) is 7.03. The van der Waals surface area contributed by atoms with Crippen LogP contribution < -0.4 is 9.64 Å². The summed E-state index contributed by atoms with van der Waals surface area (Å²) in [5.74, 6) is 2.08. The number of hydrogen-bond acceptors (Lipinski definition) is 8. The van der Waals surface area contributed by atoms with Gasteiger partial charge >= 0.3 is 6.01 Å². The molecular weight excluding hydrogens is 358 g/mol. The van der Waals surface area contributed by atoms with E-state index in [9.17, 15) is 0 Å². The van der Waals surface area contributed by atoms with Crippen LogP contribution in [0.25, 0.3) is 0 Å². The van der Waals surface area contributed by atoms with Crippen molar-refractivity contribution >= 4 is 17.6 Å². The van der Waals surface area contributed by atoms with Crippen LogP contribution >= 0.6 is 11.6 Å². The van der Waals surface area contributed by atoms with Crippen molar-refractivity contribution in [3.8, 4) is 5.75 Å². The van der Waals surface area contributed by atoms with Gasteiger partial charge in [0, 0.05) is 19.6 Å². The van der Waals surface area contributed by atoms with Crippen LogP contribution in [0.15, 0.2) is 16.9 Å². The largest absolute Gasteiger partial charge is 0.490 e. The Bertz CT molecular complexity index is 694. The summed E-state index contributed by atoms with van der Waals surface area (Å²) in [6, 6.07) is 0.536. The van der Waals surface area contributed by atoms with Gasteiger partial charge in [0.15, 0.2) is 11.6 Å². The third-order valence-electron chi connectivity index (χ3n) is 4.52. The standard InChI is InChI=1S/C17H24ClN5O3/c1-11(2)15-21-17(26-22-15)23-6-4-12(8-14(23)24-3)5-7-25-13-9-19-16(18)20-10-13/h9-12,14H,4-8H2,1-3H3. The van der Waals surface area contributed by atoms with Gasteiger partial charge in [0.05, 0.1) is 19.0 Å². The molecule has 3 rings (SSSR count). The topological polar surface area (TPSA) is 86.4 Å². The molecule has 0 radical (unpaired) electrons. The highest BCUT2D eigenvalue weighted by Gasteiger charge is 2.31. The molecule has 3 heterocycles. The van der Waals surface area contributed by atoms with Gasteiger partial charge in [-0.05, 0) is 36.8 Å². The summed E-state index contributed by atoms with van der Waals surface area (Å²) in [5, 5.41) is 4.26. The Morgan fingerprint density at radius 3 is 2.77 bits per heavy atom. The maximum Gasteiger partial charge on any atom is 0.326 e. The fourth-order valence-electron chi connectivity index (χ4n) is 3.00. The zero-order chi connectivity index (χ0) is 18.5. The van der Waals surface area contributed by atoms with Crippen molar-refractivity contribution in [2.75, 3.05) is 25.2 Å². The zero-order valence-corrected chi connectivity index (χ0v) is 16.0. The van der Waals surface area contributed by atoms with Crippen molar-refractivity contribution in [3.63, 3.8) is 0 Å². The Morgan fingerprint density at radius 2 is 2.12 bits per heavy atom. The maximum atomic E-state index is 5.69. The number of anilines is 1. The van der Waals surface area contributed by atoms with Crippen molar-refractivity contribution in [2.45, 2.75) is 45.3 Å². The fraction of sp³-hybridized carbons (Fsp3) is 0.647. The third-order valence-corrected chi connectivity index (χ3v) is 4.71. The molecule has 0 amide bonds. The molecule has 142 valence electrons. The monoisotopic (exact) mass is 381 g/mol. The van der Waals surface area contributed by atoms with Crippen LogP contribution in [0.3, 0.4) is 0 Å². The smallest absolute Gasteiger partial charge is 0.326 e. The van der Waals surface area contributed by atoms with Crippen LogP contribution in [-0.2, 0) is 4.74 Å². The molecular formula is C17H24ClN5O3. The molecule has 8 nitrogen and oxygen atoms in total. The molecule has 0 saturated carbocycles. The predicted molar refractivity (Wildman–Crippen MR) is 96.4 cm³/mol. The van der Waals surface area contributed by atoms with E-state index in [2.05, 4.69) is 20.1 Å². The van der Waals surface area contributed by atoms with Crippen molar-refractivity contribution < 1.29 is 14.0 Å². The van der Waals surface area contributed by atoms with Gasteiger partial charge in [-0.3, -0.25) is 4.90 Å². The molecule has 0 aliphatic carbocycles. The van der Waals surface area contributed by atoms with E-state index >= 15 is 0 Å². The van der Waals surface area contributed by atoms with Crippen LogP contribution in [0.1, 0.15) is 44.9 Å². The van der Waals surface area contributed by atoms with Crippen LogP contribution in [0.2, 0.25) is 5.28 Å². The lowest BCUT2D eigenvalue weighted by Crippen LogP contribution is -2.44. The van der Waals surface area contributed by atoms with E-state index in [-0.39, 0.29) is 17.4 Å². The van der Waals surface area contributed by atoms with Crippen LogP contribution in [0, 0.1) is 5.92 Å². The first-order chi connectivity index (χ1) is 12.6. The summed E-state index contributed by atoms with van der Waals surface area (Å²) >= 11 is 5.67. The molecule has 0 N–H and O–H groups in total. The van der Waals surface area contributed by atoms with Crippen molar-refractivity contribution in [1.29, 1.82) is 0 Å². The summed E-state index contributed by atoms with van der Waals surface area (Å²) in [4.78, 5) is 14.3. The third kappa shape index (κ3) is 4.62. The van der Waals surface area contributed by atoms with E-state index in [1.807, 2.05) is 18.7 Å². The summed E-state index contributed by atoms with van der Waals surface area (Å²) in [6.45, 7) is 5.50. The summed E-state index contributed by atoms with van der Waals surface area (Å²) in [6.07, 6.45) is 5.91. The second-order valence-electron chi connectivity index (χ2n) is 6.69. The lowest BCUT2D eigenvalue weighted by Gasteiger charge is -2.37. The average molecular weight is 382 g/mol. The second kappa shape index (κ2) is 8.64. The number of aromatic nitrogens is 4. The molecule has 2 aromatic rings. The first kappa shape index (κ1) is 18.8. The molecule has 26 heavy (non-hydrogen) atoms. The van der Waals surface area contributed by atoms with E-state index in [1.165, 1.54) is 0 Å². The lowest BCUT2D eigenvalue weighted by molar-refractivity contribution is 0.0498. The van der Waals surface area contributed by atoms with Crippen LogP contribution in [0.5, 0.6) is 5.75 Å². The first-order valence-corrected chi connectivity index (χ1v) is 9.18. The Morgan fingerprint density at radius 1 is 1.35 bits per heavy atom. The Labute approximate surface area is 157 Å². The van der Waals surface area contributed by atoms with E-state index < -0.39 is 0 Å². The summed E-state index contributed by atoms with van der Waals surface area (Å²) < 4.78 is 16.8. The van der Waals surface area contributed by atoms with Crippen molar-refractivity contribution in [3.05, 3.63) is 23.5 Å². The van der Waals surface area contributed by atoms with Gasteiger partial charge in [0.2, 0.25) is 5.28 Å². The molecule has 2 aromatic heterocycles. The van der Waals surface area contributed by atoms with Gasteiger partial charge in [-0.15, -0.1) is 0 Å². The van der Waals surface area contributed by atoms with E-state index in [0.29, 0.717) is 24.3 Å². The van der Waals surface area contributed by atoms with Gasteiger partial charge in [-0.2, -0.15) is 4.98 Å². The minimum Gasteiger partial charge on any atom is -0.490 e. The highest BCUT2D eigenvalue weighted by molar-refractivity contribution is 6.28. The van der Waals surface area contributed by atoms with E-state index in [4.69, 9.17) is 25.6 Å². The Hall–Kier alpha value is -1.93. The Kier molecular flexibility index (Phi) is 6.26. The van der Waals surface area contributed by atoms with Crippen molar-refractivity contribution in [1.82, 2.24) is 20.1 Å². The van der Waals surface area contributed by atoms with Crippen molar-refractivity contribution in [2.24, 2.45) is 5.92 Å². The molecule has 0 spiro atoms. The molecule has 1 saturated heterocycles. The predicted octanol–water partition coefficient (Wildman–Crippen LogP) is 3.29. The number of piperidine rings is 1. The molecule has 0 bridgehead atoms. The number of rotatable bonds is 7. The normalized spacial score (nSPS) is 20.6. The van der Waals surface area contributed by atoms with E-state index in [0.717, 1.165) is 31.6 Å². The highest BCUT2D eigenvalue weighted by atomic mass is 35.5. The number of nitrogens with zero attached hydrogens (tertiary/aromatic N) is 5.